The van der Waals surface area contributed by atoms with Crippen LogP contribution in [0.3, 0.4) is 0 Å². The van der Waals surface area contributed by atoms with Crippen molar-refractivity contribution >= 4 is 28.7 Å². The van der Waals surface area contributed by atoms with Crippen molar-refractivity contribution in [1.29, 1.82) is 10.5 Å². The van der Waals surface area contributed by atoms with Crippen LogP contribution in [0.2, 0.25) is 0 Å². The van der Waals surface area contributed by atoms with Crippen molar-refractivity contribution in [3.8, 4) is 12.1 Å². The molecule has 0 spiro atoms. The molecule has 4 aromatic carbocycles. The third-order valence-electron chi connectivity index (χ3n) is 5.16. The van der Waals surface area contributed by atoms with E-state index in [0.717, 1.165) is 0 Å². The quantitative estimate of drug-likeness (QED) is 0.293. The van der Waals surface area contributed by atoms with E-state index in [0.29, 0.717) is 15.9 Å². The van der Waals surface area contributed by atoms with Gasteiger partial charge in [0.15, 0.2) is 17.5 Å². The Morgan fingerprint density at radius 2 is 0.909 bits per heavy atom. The summed E-state index contributed by atoms with van der Waals surface area (Å²) in [5.74, 6) is -4.56. The highest BCUT2D eigenvalue weighted by molar-refractivity contribution is 7.87. The maximum Gasteiger partial charge on any atom is 0.188 e. The molecule has 0 radical (unpaired) electrons. The Labute approximate surface area is 189 Å². The Morgan fingerprint density at radius 3 is 1.27 bits per heavy atom. The van der Waals surface area contributed by atoms with Gasteiger partial charge in [0, 0.05) is 15.9 Å². The van der Waals surface area contributed by atoms with Gasteiger partial charge in [-0.25, -0.2) is 17.9 Å². The van der Waals surface area contributed by atoms with Crippen LogP contribution in [0.4, 0.5) is 18.9 Å². The zero-order valence-electron chi connectivity index (χ0n) is 17.1. The van der Waals surface area contributed by atoms with Gasteiger partial charge in [0.25, 0.3) is 0 Å². The first-order valence-corrected chi connectivity index (χ1v) is 11.6. The molecule has 0 N–H and O–H groups in total. The molecule has 0 unspecified atom stereocenters. The number of hydrogen-bond donors (Lipinski definition) is 0. The molecule has 4 aromatic rings. The van der Waals surface area contributed by atoms with E-state index in [9.17, 15) is 9.65 Å². The summed E-state index contributed by atoms with van der Waals surface area (Å²) in [7, 11) is -3.12. The molecule has 0 atom stereocenters. The van der Waals surface area contributed by atoms with Crippen molar-refractivity contribution in [3.63, 3.8) is 0 Å². The molecule has 0 saturated heterocycles. The lowest BCUT2D eigenvalue weighted by molar-refractivity contribution is 0.494. The number of hydrogen-bond acceptors (Lipinski definition) is 3. The lowest BCUT2D eigenvalue weighted by atomic mass is 10.1. The lowest BCUT2D eigenvalue weighted by Gasteiger charge is -2.27. The van der Waals surface area contributed by atoms with Crippen molar-refractivity contribution in [3.05, 3.63) is 120 Å². The second kappa shape index (κ2) is 9.17. The Morgan fingerprint density at radius 1 is 0.545 bits per heavy atom. The SMILES string of the molecule is N#Cc1c(F)c(F)c(N=P(c2ccccc2)(c2ccccc2)c2ccccc2)c(F)c1C#N. The van der Waals surface area contributed by atoms with E-state index >= 15 is 8.78 Å². The van der Waals surface area contributed by atoms with Crippen LogP contribution in [-0.2, 0) is 0 Å². The summed E-state index contributed by atoms with van der Waals surface area (Å²) in [6.45, 7) is 0. The fourth-order valence-electron chi connectivity index (χ4n) is 3.65. The van der Waals surface area contributed by atoms with Crippen LogP contribution >= 0.6 is 7.05 Å². The standard InChI is InChI=1S/C26H15F3N3P/c27-23-21(16-30)22(17-31)24(28)26(25(23)29)32-33(18-10-4-1-5-11-18,19-12-6-2-7-13-19)20-14-8-3-9-15-20/h1-15H. The number of benzene rings is 4. The molecule has 7 heteroatoms. The van der Waals surface area contributed by atoms with Crippen LogP contribution in [0.25, 0.3) is 0 Å². The van der Waals surface area contributed by atoms with Crippen LogP contribution in [-0.4, -0.2) is 0 Å². The number of nitriles is 2. The average molecular weight is 457 g/mol. The number of halogens is 3. The minimum atomic E-state index is -3.12. The summed E-state index contributed by atoms with van der Waals surface area (Å²) in [6, 6.07) is 29.8. The molecular formula is C26H15F3N3P. The maximum atomic E-state index is 15.4. The molecule has 3 nitrogen and oxygen atoms in total. The van der Waals surface area contributed by atoms with E-state index in [1.165, 1.54) is 12.1 Å². The van der Waals surface area contributed by atoms with Gasteiger partial charge in [-0.15, -0.1) is 0 Å². The summed E-state index contributed by atoms with van der Waals surface area (Å²) in [5.41, 5.74) is -2.76. The molecule has 4 rings (SSSR count). The molecule has 0 amide bonds. The highest BCUT2D eigenvalue weighted by Gasteiger charge is 2.31. The van der Waals surface area contributed by atoms with Crippen molar-refractivity contribution in [2.75, 3.05) is 0 Å². The fraction of sp³-hybridized carbons (Fsp3) is 0. The third-order valence-corrected chi connectivity index (χ3v) is 8.80. The zero-order chi connectivity index (χ0) is 23.4. The van der Waals surface area contributed by atoms with Gasteiger partial charge in [0.05, 0.1) is 7.05 Å². The van der Waals surface area contributed by atoms with E-state index in [1.807, 2.05) is 18.2 Å². The van der Waals surface area contributed by atoms with Gasteiger partial charge < -0.3 is 0 Å². The van der Waals surface area contributed by atoms with E-state index in [4.69, 9.17) is 5.26 Å². The van der Waals surface area contributed by atoms with Crippen LogP contribution < -0.4 is 15.9 Å². The van der Waals surface area contributed by atoms with Crippen molar-refractivity contribution < 1.29 is 13.2 Å². The fourth-order valence-corrected chi connectivity index (χ4v) is 7.17. The van der Waals surface area contributed by atoms with Crippen LogP contribution in [0, 0.1) is 40.1 Å². The van der Waals surface area contributed by atoms with Gasteiger partial charge in [0.1, 0.15) is 29.0 Å². The monoisotopic (exact) mass is 457 g/mol. The first kappa shape index (κ1) is 22.1. The molecule has 0 heterocycles. The van der Waals surface area contributed by atoms with Gasteiger partial charge in [-0.1, -0.05) is 91.0 Å². The maximum absolute atomic E-state index is 15.4. The van der Waals surface area contributed by atoms with E-state index in [-0.39, 0.29) is 0 Å². The normalized spacial score (nSPS) is 10.8. The third kappa shape index (κ3) is 3.72. The van der Waals surface area contributed by atoms with E-state index in [1.54, 1.807) is 72.8 Å². The largest absolute Gasteiger partial charge is 0.248 e. The Kier molecular flexibility index (Phi) is 6.13. The second-order valence-corrected chi connectivity index (χ2v) is 10.0. The minimum absolute atomic E-state index is 0.685. The zero-order valence-corrected chi connectivity index (χ0v) is 18.0. The Bertz CT molecular complexity index is 1350. The molecule has 0 bridgehead atoms. The van der Waals surface area contributed by atoms with Crippen molar-refractivity contribution in [1.82, 2.24) is 0 Å². The van der Waals surface area contributed by atoms with Gasteiger partial charge in [-0.05, 0) is 0 Å². The molecule has 0 aromatic heterocycles. The molecule has 0 aliphatic heterocycles. The summed E-state index contributed by atoms with van der Waals surface area (Å²) in [4.78, 5) is 0. The summed E-state index contributed by atoms with van der Waals surface area (Å²) < 4.78 is 49.8. The Balaban J connectivity index is 2.25. The molecular weight excluding hydrogens is 442 g/mol. The van der Waals surface area contributed by atoms with Gasteiger partial charge >= 0.3 is 0 Å². The number of nitrogens with zero attached hydrogens (tertiary/aromatic N) is 3. The summed E-state index contributed by atoms with van der Waals surface area (Å²) in [5, 5.41) is 20.5. The van der Waals surface area contributed by atoms with Crippen molar-refractivity contribution in [2.45, 2.75) is 0 Å². The van der Waals surface area contributed by atoms with Gasteiger partial charge in [-0.2, -0.15) is 10.5 Å². The minimum Gasteiger partial charge on any atom is -0.248 e. The van der Waals surface area contributed by atoms with Crippen LogP contribution in [0.1, 0.15) is 11.1 Å². The second-order valence-electron chi connectivity index (χ2n) is 7.01. The van der Waals surface area contributed by atoms with E-state index in [2.05, 4.69) is 4.74 Å². The van der Waals surface area contributed by atoms with Gasteiger partial charge in [-0.3, -0.25) is 0 Å². The average Bonchev–Trinajstić information content (AvgIpc) is 2.88. The first-order valence-electron chi connectivity index (χ1n) is 9.84. The predicted octanol–water partition coefficient (Wildman–Crippen LogP) is 5.66. The van der Waals surface area contributed by atoms with Crippen LogP contribution in [0.15, 0.2) is 95.7 Å². The summed E-state index contributed by atoms with van der Waals surface area (Å²) >= 11 is 0. The molecule has 0 saturated carbocycles. The molecule has 0 fully saturated rings. The first-order chi connectivity index (χ1) is 16.0. The molecule has 160 valence electrons. The predicted molar refractivity (Wildman–Crippen MR) is 123 cm³/mol. The van der Waals surface area contributed by atoms with Crippen LogP contribution in [0.5, 0.6) is 0 Å². The molecule has 33 heavy (non-hydrogen) atoms. The highest BCUT2D eigenvalue weighted by atomic mass is 31.2. The topological polar surface area (TPSA) is 59.9 Å². The summed E-state index contributed by atoms with van der Waals surface area (Å²) in [6.07, 6.45) is 0. The van der Waals surface area contributed by atoms with Gasteiger partial charge in [0.2, 0.25) is 0 Å². The van der Waals surface area contributed by atoms with Crippen molar-refractivity contribution in [2.24, 2.45) is 4.74 Å². The molecule has 0 aliphatic carbocycles. The smallest absolute Gasteiger partial charge is 0.188 e. The highest BCUT2D eigenvalue weighted by Crippen LogP contribution is 2.50. The lowest BCUT2D eigenvalue weighted by Crippen LogP contribution is -2.25. The molecule has 0 aliphatic rings. The van der Waals surface area contributed by atoms with E-state index < -0.39 is 41.3 Å². The number of rotatable bonds is 4. The Hall–Kier alpha value is -4.12.